The molecule has 0 radical (unpaired) electrons. The van der Waals surface area contributed by atoms with E-state index < -0.39 is 17.2 Å². The number of hydrogen-bond acceptors (Lipinski definition) is 3. The molecule has 0 aliphatic heterocycles. The highest BCUT2D eigenvalue weighted by molar-refractivity contribution is 7.81. The van der Waals surface area contributed by atoms with E-state index in [4.69, 9.17) is 0 Å². The molecule has 1 heterocycles. The molecule has 0 fully saturated rings. The first-order chi connectivity index (χ1) is 12.0. The van der Waals surface area contributed by atoms with Gasteiger partial charge in [-0.1, -0.05) is 36.4 Å². The van der Waals surface area contributed by atoms with Crippen molar-refractivity contribution in [2.75, 3.05) is 4.31 Å². The molecule has 3 rings (SSSR count). The van der Waals surface area contributed by atoms with Gasteiger partial charge in [0.05, 0.1) is 16.9 Å². The maximum absolute atomic E-state index is 11.9. The Hall–Kier alpha value is -2.48. The van der Waals surface area contributed by atoms with Gasteiger partial charge in [-0.05, 0) is 30.7 Å². The minimum absolute atomic E-state index is 0.198. The van der Waals surface area contributed by atoms with Crippen LogP contribution in [0.5, 0.6) is 0 Å². The van der Waals surface area contributed by atoms with Crippen LogP contribution in [0.4, 0.5) is 11.4 Å². The van der Waals surface area contributed by atoms with E-state index in [0.29, 0.717) is 16.9 Å². The maximum Gasteiger partial charge on any atom is 0.336 e. The number of benzene rings is 2. The molecule has 0 saturated heterocycles. The summed E-state index contributed by atoms with van der Waals surface area (Å²) in [5.74, 6) is -1.01. The van der Waals surface area contributed by atoms with Crippen LogP contribution < -0.4 is 4.31 Å². The molecule has 0 spiro atoms. The second-order valence-corrected chi connectivity index (χ2v) is 7.07. The second kappa shape index (κ2) is 7.18. The molecule has 7 heteroatoms. The van der Waals surface area contributed by atoms with Gasteiger partial charge < -0.3 is 5.11 Å². The monoisotopic (exact) mass is 373 g/mol. The molecule has 0 saturated carbocycles. The lowest BCUT2D eigenvalue weighted by Crippen LogP contribution is -2.19. The number of carboxylic acid groups (broad SMARTS) is 1. The molecule has 0 aliphatic carbocycles. The van der Waals surface area contributed by atoms with Crippen molar-refractivity contribution in [1.29, 1.82) is 0 Å². The fourth-order valence-electron chi connectivity index (χ4n) is 2.56. The lowest BCUT2D eigenvalue weighted by atomic mass is 10.1. The summed E-state index contributed by atoms with van der Waals surface area (Å²) in [6.45, 7) is 1.86. The summed E-state index contributed by atoms with van der Waals surface area (Å²) < 4.78 is 23.0. The zero-order valence-corrected chi connectivity index (χ0v) is 14.9. The minimum atomic E-state index is -2.25. The zero-order valence-electron chi connectivity index (χ0n) is 13.2. The first kappa shape index (κ1) is 17.3. The fourth-order valence-corrected chi connectivity index (χ4v) is 4.20. The van der Waals surface area contributed by atoms with Gasteiger partial charge in [0.25, 0.3) is 11.3 Å². The summed E-state index contributed by atoms with van der Waals surface area (Å²) in [5, 5.41) is 11.1. The largest absolute Gasteiger partial charge is 0.478 e. The molecule has 5 nitrogen and oxygen atoms in total. The Morgan fingerprint density at radius 1 is 1.12 bits per heavy atom. The predicted molar refractivity (Wildman–Crippen MR) is 101 cm³/mol. The topological polar surface area (TPSA) is 77.8 Å². The Kier molecular flexibility index (Phi) is 4.98. The van der Waals surface area contributed by atoms with Crippen LogP contribution in [0.25, 0.3) is 10.4 Å². The highest BCUT2D eigenvalue weighted by Crippen LogP contribution is 2.37. The number of carbonyl (C=O) groups is 1. The van der Waals surface area contributed by atoms with E-state index in [2.05, 4.69) is 0 Å². The van der Waals surface area contributed by atoms with Gasteiger partial charge in [-0.25, -0.2) is 13.3 Å². The third kappa shape index (κ3) is 3.48. The molecule has 0 bridgehead atoms. The molecule has 3 aromatic rings. The number of carboxylic acids is 1. The number of para-hydroxylation sites is 1. The van der Waals surface area contributed by atoms with Crippen molar-refractivity contribution in [3.63, 3.8) is 0 Å². The minimum Gasteiger partial charge on any atom is -0.478 e. The Morgan fingerprint density at radius 3 is 2.48 bits per heavy atom. The average molecular weight is 373 g/mol. The van der Waals surface area contributed by atoms with Crippen molar-refractivity contribution in [3.05, 3.63) is 71.1 Å². The van der Waals surface area contributed by atoms with Crippen molar-refractivity contribution in [2.24, 2.45) is 0 Å². The molecule has 1 unspecified atom stereocenters. The van der Waals surface area contributed by atoms with Crippen molar-refractivity contribution in [3.8, 4) is 10.4 Å². The Bertz CT molecular complexity index is 952. The highest BCUT2D eigenvalue weighted by atomic mass is 32.2. The quantitative estimate of drug-likeness (QED) is 0.636. The molecule has 1 aromatic heterocycles. The van der Waals surface area contributed by atoms with Crippen LogP contribution >= 0.6 is 11.3 Å². The van der Waals surface area contributed by atoms with Gasteiger partial charge in [0.1, 0.15) is 0 Å². The van der Waals surface area contributed by atoms with E-state index in [1.807, 2.05) is 19.1 Å². The molecule has 1 atom stereocenters. The van der Waals surface area contributed by atoms with Gasteiger partial charge >= 0.3 is 5.97 Å². The van der Waals surface area contributed by atoms with Crippen molar-refractivity contribution < 1.29 is 18.7 Å². The Morgan fingerprint density at radius 2 is 1.80 bits per heavy atom. The van der Waals surface area contributed by atoms with E-state index in [1.54, 1.807) is 47.8 Å². The molecule has 2 aromatic carbocycles. The number of aromatic carboxylic acids is 1. The number of hydrogen-bond donors (Lipinski definition) is 2. The summed E-state index contributed by atoms with van der Waals surface area (Å²) in [6, 6.07) is 15.7. The van der Waals surface area contributed by atoms with Crippen molar-refractivity contribution >= 4 is 39.9 Å². The average Bonchev–Trinajstić information content (AvgIpc) is 3.06. The lowest BCUT2D eigenvalue weighted by Gasteiger charge is -2.20. The standard InChI is InChI=1S/C18H15NO4S2/c1-12-6-2-5-9-16(12)19(25(22)23)13-10-17(24-11-13)14-7-3-4-8-15(14)18(20)21/h2-11H,1H3,(H,20,21)(H,22,23). The normalized spacial score (nSPS) is 11.9. The van der Waals surface area contributed by atoms with E-state index >= 15 is 0 Å². The molecule has 2 N–H and O–H groups in total. The predicted octanol–water partition coefficient (Wildman–Crippen LogP) is 4.70. The summed E-state index contributed by atoms with van der Waals surface area (Å²) in [4.78, 5) is 12.1. The van der Waals surface area contributed by atoms with E-state index in [1.165, 1.54) is 15.6 Å². The van der Waals surface area contributed by atoms with Crippen LogP contribution in [0.2, 0.25) is 0 Å². The summed E-state index contributed by atoms with van der Waals surface area (Å²) >= 11 is -0.919. The fraction of sp³-hybridized carbons (Fsp3) is 0.0556. The van der Waals surface area contributed by atoms with E-state index in [0.717, 1.165) is 10.4 Å². The first-order valence-corrected chi connectivity index (χ1v) is 9.31. The first-order valence-electron chi connectivity index (χ1n) is 7.37. The SMILES string of the molecule is Cc1ccccc1N(c1csc(-c2ccccc2C(=O)O)c1)S(=O)O. The van der Waals surface area contributed by atoms with Crippen LogP contribution in [-0.2, 0) is 11.3 Å². The summed E-state index contributed by atoms with van der Waals surface area (Å²) in [5.41, 5.74) is 2.81. The van der Waals surface area contributed by atoms with Crippen molar-refractivity contribution in [1.82, 2.24) is 0 Å². The van der Waals surface area contributed by atoms with Gasteiger partial charge in [0, 0.05) is 15.8 Å². The number of anilines is 2. The molecule has 0 aliphatic rings. The van der Waals surface area contributed by atoms with Gasteiger partial charge in [0.15, 0.2) is 0 Å². The van der Waals surface area contributed by atoms with E-state index in [-0.39, 0.29) is 5.56 Å². The van der Waals surface area contributed by atoms with Crippen molar-refractivity contribution in [2.45, 2.75) is 6.92 Å². The summed E-state index contributed by atoms with van der Waals surface area (Å²) in [6.07, 6.45) is 0. The summed E-state index contributed by atoms with van der Waals surface area (Å²) in [7, 11) is 0. The molecular weight excluding hydrogens is 358 g/mol. The van der Waals surface area contributed by atoms with Crippen LogP contribution in [0.15, 0.2) is 60.0 Å². The number of thiophene rings is 1. The Labute approximate surface area is 151 Å². The molecule has 0 amide bonds. The van der Waals surface area contributed by atoms with Gasteiger partial charge in [-0.2, -0.15) is 0 Å². The van der Waals surface area contributed by atoms with Crippen LogP contribution in [0, 0.1) is 6.92 Å². The molecular formula is C18H15NO4S2. The van der Waals surface area contributed by atoms with E-state index in [9.17, 15) is 18.7 Å². The highest BCUT2D eigenvalue weighted by Gasteiger charge is 2.20. The van der Waals surface area contributed by atoms with Crippen LogP contribution in [0.3, 0.4) is 0 Å². The Balaban J connectivity index is 2.07. The second-order valence-electron chi connectivity index (χ2n) is 5.33. The maximum atomic E-state index is 11.9. The third-order valence-corrected chi connectivity index (χ3v) is 5.40. The lowest BCUT2D eigenvalue weighted by molar-refractivity contribution is 0.0697. The molecule has 25 heavy (non-hydrogen) atoms. The van der Waals surface area contributed by atoms with Gasteiger partial charge in [-0.3, -0.25) is 4.55 Å². The van der Waals surface area contributed by atoms with Gasteiger partial charge in [-0.15, -0.1) is 11.3 Å². The molecule has 128 valence electrons. The smallest absolute Gasteiger partial charge is 0.336 e. The van der Waals surface area contributed by atoms with Crippen LogP contribution in [0.1, 0.15) is 15.9 Å². The van der Waals surface area contributed by atoms with Gasteiger partial charge in [0.2, 0.25) is 0 Å². The zero-order chi connectivity index (χ0) is 18.0. The number of aryl methyl sites for hydroxylation is 1. The third-order valence-electron chi connectivity index (χ3n) is 3.73. The van der Waals surface area contributed by atoms with Crippen LogP contribution in [-0.4, -0.2) is 19.8 Å². The number of rotatable bonds is 5. The number of nitrogens with zero attached hydrogens (tertiary/aromatic N) is 1.